The fourth-order valence-electron chi connectivity index (χ4n) is 2.35. The van der Waals surface area contributed by atoms with Gasteiger partial charge in [-0.3, -0.25) is 4.79 Å². The average molecular weight is 336 g/mol. The number of halogens is 1. The Morgan fingerprint density at radius 1 is 1.39 bits per heavy atom. The second-order valence-electron chi connectivity index (χ2n) is 5.57. The van der Waals surface area contributed by atoms with Gasteiger partial charge < -0.3 is 10.1 Å². The molecular formula is C17H22ClN3O2. The van der Waals surface area contributed by atoms with Gasteiger partial charge >= 0.3 is 0 Å². The van der Waals surface area contributed by atoms with E-state index in [0.29, 0.717) is 12.2 Å². The van der Waals surface area contributed by atoms with Crippen LogP contribution in [0.5, 0.6) is 5.75 Å². The molecule has 0 aliphatic heterocycles. The molecular weight excluding hydrogens is 314 g/mol. The molecule has 0 spiro atoms. The van der Waals surface area contributed by atoms with E-state index in [1.165, 1.54) is 4.68 Å². The van der Waals surface area contributed by atoms with Gasteiger partial charge in [0.15, 0.2) is 0 Å². The van der Waals surface area contributed by atoms with E-state index in [4.69, 9.17) is 16.3 Å². The minimum absolute atomic E-state index is 0.0252. The fraction of sp³-hybridized carbons (Fsp3) is 0.412. The number of nitrogens with one attached hydrogen (secondary N) is 1. The lowest BCUT2D eigenvalue weighted by atomic mass is 10.1. The lowest BCUT2D eigenvalue weighted by molar-refractivity contribution is 0.410. The Labute approximate surface area is 141 Å². The van der Waals surface area contributed by atoms with Gasteiger partial charge in [-0.25, -0.2) is 4.68 Å². The molecule has 0 radical (unpaired) electrons. The Kier molecular flexibility index (Phi) is 5.66. The van der Waals surface area contributed by atoms with Crippen molar-refractivity contribution >= 4 is 17.3 Å². The van der Waals surface area contributed by atoms with Gasteiger partial charge in [0.25, 0.3) is 5.56 Å². The molecule has 0 bridgehead atoms. The van der Waals surface area contributed by atoms with Crippen LogP contribution in [0.2, 0.25) is 5.02 Å². The summed E-state index contributed by atoms with van der Waals surface area (Å²) in [6.45, 7) is 6.42. The van der Waals surface area contributed by atoms with Gasteiger partial charge in [-0.05, 0) is 37.5 Å². The Bertz CT molecular complexity index is 741. The molecule has 0 fully saturated rings. The van der Waals surface area contributed by atoms with Crippen LogP contribution in [0.3, 0.4) is 0 Å². The summed E-state index contributed by atoms with van der Waals surface area (Å²) in [6.07, 6.45) is 2.48. The number of hydrogen-bond acceptors (Lipinski definition) is 4. The Morgan fingerprint density at radius 3 is 2.74 bits per heavy atom. The molecule has 0 atom stereocenters. The van der Waals surface area contributed by atoms with Gasteiger partial charge in [0.1, 0.15) is 10.8 Å². The summed E-state index contributed by atoms with van der Waals surface area (Å²) in [6, 6.07) is 6.00. The van der Waals surface area contributed by atoms with Crippen LogP contribution >= 0.6 is 11.6 Å². The highest BCUT2D eigenvalue weighted by atomic mass is 35.5. The number of methoxy groups -OCH3 is 1. The van der Waals surface area contributed by atoms with Crippen LogP contribution in [0.25, 0.3) is 0 Å². The molecule has 0 aliphatic rings. The first kappa shape index (κ1) is 17.3. The molecule has 2 rings (SSSR count). The van der Waals surface area contributed by atoms with Gasteiger partial charge in [-0.15, -0.1) is 0 Å². The van der Waals surface area contributed by atoms with Crippen molar-refractivity contribution in [1.82, 2.24) is 9.78 Å². The summed E-state index contributed by atoms with van der Waals surface area (Å²) in [5.74, 6) is 0.885. The minimum Gasteiger partial charge on any atom is -0.496 e. The third kappa shape index (κ3) is 3.85. The van der Waals surface area contributed by atoms with Crippen LogP contribution in [0.1, 0.15) is 37.9 Å². The Morgan fingerprint density at radius 2 is 2.13 bits per heavy atom. The molecule has 0 saturated carbocycles. The molecule has 1 heterocycles. The largest absolute Gasteiger partial charge is 0.496 e. The molecule has 1 N–H and O–H groups in total. The van der Waals surface area contributed by atoms with Crippen LogP contribution in [0.15, 0.2) is 29.2 Å². The van der Waals surface area contributed by atoms with E-state index >= 15 is 0 Å². The summed E-state index contributed by atoms with van der Waals surface area (Å²) in [7, 11) is 1.67. The number of nitrogens with zero attached hydrogens (tertiary/aromatic N) is 2. The van der Waals surface area contributed by atoms with Crippen LogP contribution < -0.4 is 15.6 Å². The molecule has 6 heteroatoms. The summed E-state index contributed by atoms with van der Waals surface area (Å²) in [5, 5.41) is 7.49. The van der Waals surface area contributed by atoms with E-state index in [2.05, 4.69) is 23.4 Å². The minimum atomic E-state index is -0.282. The van der Waals surface area contributed by atoms with Crippen LogP contribution in [0, 0.1) is 0 Å². The van der Waals surface area contributed by atoms with E-state index in [0.717, 1.165) is 23.3 Å². The molecule has 0 unspecified atom stereocenters. The van der Waals surface area contributed by atoms with Crippen LogP contribution in [-0.2, 0) is 13.0 Å². The highest BCUT2D eigenvalue weighted by Crippen LogP contribution is 2.22. The molecule has 1 aromatic carbocycles. The number of aryl methyl sites for hydroxylation is 1. The number of ether oxygens (including phenoxy) is 1. The summed E-state index contributed by atoms with van der Waals surface area (Å²) >= 11 is 6.16. The summed E-state index contributed by atoms with van der Waals surface area (Å²) in [5.41, 5.74) is 2.50. The van der Waals surface area contributed by atoms with Crippen molar-refractivity contribution in [1.29, 1.82) is 0 Å². The van der Waals surface area contributed by atoms with Crippen LogP contribution in [-0.4, -0.2) is 16.9 Å². The number of anilines is 1. The lowest BCUT2D eigenvalue weighted by Gasteiger charge is -2.13. The van der Waals surface area contributed by atoms with Crippen LogP contribution in [0.4, 0.5) is 5.69 Å². The normalized spacial score (nSPS) is 10.9. The van der Waals surface area contributed by atoms with Gasteiger partial charge in [0, 0.05) is 6.54 Å². The first-order valence-corrected chi connectivity index (χ1v) is 8.02. The Balaban J connectivity index is 2.18. The first-order valence-electron chi connectivity index (χ1n) is 7.64. The molecule has 0 aliphatic carbocycles. The standard InChI is InChI=1S/C17H22ClN3O2/c1-5-13-8-12(6-7-15(13)23-4)9-19-14-10-20-21(11(2)3)17(22)16(14)18/h6-8,10-11,19H,5,9H2,1-4H3. The van der Waals surface area contributed by atoms with E-state index in [1.807, 2.05) is 26.0 Å². The monoisotopic (exact) mass is 335 g/mol. The van der Waals surface area contributed by atoms with Crippen molar-refractivity contribution in [2.75, 3.05) is 12.4 Å². The topological polar surface area (TPSA) is 56.2 Å². The quantitative estimate of drug-likeness (QED) is 0.875. The zero-order valence-corrected chi connectivity index (χ0v) is 14.6. The lowest BCUT2D eigenvalue weighted by Crippen LogP contribution is -2.25. The van der Waals surface area contributed by atoms with Crippen molar-refractivity contribution in [3.05, 3.63) is 50.9 Å². The van der Waals surface area contributed by atoms with Crippen molar-refractivity contribution in [3.8, 4) is 5.75 Å². The molecule has 5 nitrogen and oxygen atoms in total. The fourth-order valence-corrected chi connectivity index (χ4v) is 2.55. The number of benzene rings is 1. The maximum Gasteiger partial charge on any atom is 0.287 e. The predicted molar refractivity (Wildman–Crippen MR) is 93.6 cm³/mol. The van der Waals surface area contributed by atoms with Gasteiger partial charge in [-0.1, -0.05) is 30.7 Å². The third-order valence-electron chi connectivity index (χ3n) is 3.64. The zero-order chi connectivity index (χ0) is 17.0. The zero-order valence-electron chi connectivity index (χ0n) is 13.9. The third-order valence-corrected chi connectivity index (χ3v) is 4.01. The second kappa shape index (κ2) is 7.51. The maximum absolute atomic E-state index is 12.1. The van der Waals surface area contributed by atoms with Crippen molar-refractivity contribution in [3.63, 3.8) is 0 Å². The number of rotatable bonds is 6. The SMILES string of the molecule is CCc1cc(CNc2cnn(C(C)C)c(=O)c2Cl)ccc1OC. The highest BCUT2D eigenvalue weighted by molar-refractivity contribution is 6.32. The maximum atomic E-state index is 12.1. The van der Waals surface area contributed by atoms with Gasteiger partial charge in [-0.2, -0.15) is 5.10 Å². The summed E-state index contributed by atoms with van der Waals surface area (Å²) < 4.78 is 6.70. The Hall–Kier alpha value is -2.01. The van der Waals surface area contributed by atoms with E-state index in [-0.39, 0.29) is 16.6 Å². The van der Waals surface area contributed by atoms with E-state index < -0.39 is 0 Å². The predicted octanol–water partition coefficient (Wildman–Crippen LogP) is 3.66. The van der Waals surface area contributed by atoms with Crippen molar-refractivity contribution < 1.29 is 4.74 Å². The van der Waals surface area contributed by atoms with Gasteiger partial charge in [0.2, 0.25) is 0 Å². The second-order valence-corrected chi connectivity index (χ2v) is 5.95. The first-order chi connectivity index (χ1) is 11.0. The van der Waals surface area contributed by atoms with Gasteiger partial charge in [0.05, 0.1) is 25.0 Å². The van der Waals surface area contributed by atoms with E-state index in [1.54, 1.807) is 13.3 Å². The number of hydrogen-bond donors (Lipinski definition) is 1. The van der Waals surface area contributed by atoms with Crippen molar-refractivity contribution in [2.24, 2.45) is 0 Å². The highest BCUT2D eigenvalue weighted by Gasteiger charge is 2.11. The molecule has 124 valence electrons. The van der Waals surface area contributed by atoms with E-state index in [9.17, 15) is 4.79 Å². The summed E-state index contributed by atoms with van der Waals surface area (Å²) in [4.78, 5) is 12.1. The molecule has 0 saturated heterocycles. The number of aromatic nitrogens is 2. The molecule has 2 aromatic rings. The molecule has 0 amide bonds. The molecule has 23 heavy (non-hydrogen) atoms. The molecule has 1 aromatic heterocycles. The average Bonchev–Trinajstić information content (AvgIpc) is 2.55. The van der Waals surface area contributed by atoms with Crippen molar-refractivity contribution in [2.45, 2.75) is 39.8 Å². The smallest absolute Gasteiger partial charge is 0.287 e.